The second kappa shape index (κ2) is 4.90. The van der Waals surface area contributed by atoms with Crippen molar-refractivity contribution in [3.63, 3.8) is 0 Å². The van der Waals surface area contributed by atoms with E-state index in [-0.39, 0.29) is 23.5 Å². The number of nitrogens with zero attached hydrogens (tertiary/aromatic N) is 1. The summed E-state index contributed by atoms with van der Waals surface area (Å²) < 4.78 is 5.82. The van der Waals surface area contributed by atoms with E-state index in [0.717, 1.165) is 23.6 Å². The molecule has 2 aliphatic heterocycles. The van der Waals surface area contributed by atoms with Gasteiger partial charge in [0.1, 0.15) is 5.60 Å². The Kier molecular flexibility index (Phi) is 3.07. The molecule has 0 spiro atoms. The second-order valence-corrected chi connectivity index (χ2v) is 6.34. The van der Waals surface area contributed by atoms with E-state index in [0.29, 0.717) is 17.7 Å². The van der Waals surface area contributed by atoms with Crippen LogP contribution in [0.3, 0.4) is 0 Å². The number of imide groups is 1. The van der Waals surface area contributed by atoms with Gasteiger partial charge in [0.25, 0.3) is 11.8 Å². The average Bonchev–Trinajstić information content (AvgIpc) is 3.30. The molecule has 4 rings (SSSR count). The molecule has 4 nitrogen and oxygen atoms in total. The third-order valence-electron chi connectivity index (χ3n) is 5.16. The first-order valence-electron chi connectivity index (χ1n) is 8.17. The van der Waals surface area contributed by atoms with Crippen LogP contribution in [0, 0.1) is 0 Å². The molecule has 0 bridgehead atoms. The molecule has 0 saturated carbocycles. The van der Waals surface area contributed by atoms with Crippen molar-refractivity contribution >= 4 is 22.6 Å². The highest BCUT2D eigenvalue weighted by Crippen LogP contribution is 2.43. The van der Waals surface area contributed by atoms with Gasteiger partial charge in [0.2, 0.25) is 0 Å². The highest BCUT2D eigenvalue weighted by Gasteiger charge is 2.56. The number of carbonyl (C=O) groups excluding carboxylic acids is 2. The van der Waals surface area contributed by atoms with E-state index in [4.69, 9.17) is 4.74 Å². The predicted octanol–water partition coefficient (Wildman–Crippen LogP) is 3.39. The van der Waals surface area contributed by atoms with Gasteiger partial charge < -0.3 is 4.74 Å². The lowest BCUT2D eigenvalue weighted by molar-refractivity contribution is 0.0563. The summed E-state index contributed by atoms with van der Waals surface area (Å²) in [4.78, 5) is 27.1. The Morgan fingerprint density at radius 2 is 1.65 bits per heavy atom. The Balaban J connectivity index is 1.78. The smallest absolute Gasteiger partial charge is 0.261 e. The number of hydrogen-bond acceptors (Lipinski definition) is 3. The maximum atomic E-state index is 12.9. The molecule has 1 saturated heterocycles. The standard InChI is InChI=1S/C19H19NO3/c1-3-15-19(4-2,23-15)11-20-17(21)13-9-5-7-12-8-6-10-14(16(12)13)18(20)22/h5-10,15H,3-4,11H2,1-2H3. The first-order chi connectivity index (χ1) is 11.1. The summed E-state index contributed by atoms with van der Waals surface area (Å²) in [6, 6.07) is 11.2. The van der Waals surface area contributed by atoms with Crippen LogP contribution >= 0.6 is 0 Å². The van der Waals surface area contributed by atoms with Crippen LogP contribution in [0.15, 0.2) is 36.4 Å². The van der Waals surface area contributed by atoms with Crippen LogP contribution in [0.5, 0.6) is 0 Å². The van der Waals surface area contributed by atoms with E-state index in [9.17, 15) is 9.59 Å². The zero-order valence-electron chi connectivity index (χ0n) is 13.3. The minimum atomic E-state index is -0.361. The molecular formula is C19H19NO3. The Morgan fingerprint density at radius 3 is 2.13 bits per heavy atom. The molecule has 2 atom stereocenters. The van der Waals surface area contributed by atoms with Crippen molar-refractivity contribution in [3.8, 4) is 0 Å². The normalized spacial score (nSPS) is 26.0. The Morgan fingerprint density at radius 1 is 1.04 bits per heavy atom. The van der Waals surface area contributed by atoms with Crippen LogP contribution in [-0.4, -0.2) is 35.0 Å². The third-order valence-corrected chi connectivity index (χ3v) is 5.16. The maximum Gasteiger partial charge on any atom is 0.261 e. The van der Waals surface area contributed by atoms with Gasteiger partial charge in [-0.3, -0.25) is 14.5 Å². The highest BCUT2D eigenvalue weighted by molar-refractivity contribution is 6.25. The molecule has 4 heteroatoms. The molecule has 1 fully saturated rings. The fourth-order valence-electron chi connectivity index (χ4n) is 3.76. The fourth-order valence-corrected chi connectivity index (χ4v) is 3.76. The van der Waals surface area contributed by atoms with Crippen LogP contribution in [-0.2, 0) is 4.74 Å². The number of benzene rings is 2. The number of hydrogen-bond donors (Lipinski definition) is 0. The van der Waals surface area contributed by atoms with Crippen molar-refractivity contribution < 1.29 is 14.3 Å². The molecule has 2 unspecified atom stereocenters. The molecule has 2 aliphatic rings. The van der Waals surface area contributed by atoms with E-state index in [1.165, 1.54) is 4.90 Å². The molecule has 0 aliphatic carbocycles. The van der Waals surface area contributed by atoms with Gasteiger partial charge >= 0.3 is 0 Å². The molecule has 23 heavy (non-hydrogen) atoms. The Bertz CT molecular complexity index is 778. The highest BCUT2D eigenvalue weighted by atomic mass is 16.6. The third kappa shape index (κ3) is 1.94. The second-order valence-electron chi connectivity index (χ2n) is 6.34. The van der Waals surface area contributed by atoms with Gasteiger partial charge in [-0.2, -0.15) is 0 Å². The van der Waals surface area contributed by atoms with Crippen molar-refractivity contribution in [2.75, 3.05) is 6.54 Å². The Hall–Kier alpha value is -2.20. The van der Waals surface area contributed by atoms with Gasteiger partial charge in [0, 0.05) is 16.5 Å². The minimum Gasteiger partial charge on any atom is -0.364 e. The van der Waals surface area contributed by atoms with E-state index in [2.05, 4.69) is 6.92 Å². The topological polar surface area (TPSA) is 49.9 Å². The van der Waals surface area contributed by atoms with Gasteiger partial charge in [-0.1, -0.05) is 38.1 Å². The van der Waals surface area contributed by atoms with Crippen molar-refractivity contribution in [1.29, 1.82) is 0 Å². The molecule has 2 heterocycles. The number of amides is 2. The molecule has 0 N–H and O–H groups in total. The van der Waals surface area contributed by atoms with Gasteiger partial charge in [0.15, 0.2) is 0 Å². The fraction of sp³-hybridized carbons (Fsp3) is 0.368. The lowest BCUT2D eigenvalue weighted by Crippen LogP contribution is -2.46. The average molecular weight is 309 g/mol. The van der Waals surface area contributed by atoms with Crippen LogP contribution in [0.2, 0.25) is 0 Å². The first-order valence-corrected chi connectivity index (χ1v) is 8.17. The summed E-state index contributed by atoms with van der Waals surface area (Å²) in [6.45, 7) is 4.45. The molecule has 0 radical (unpaired) electrons. The van der Waals surface area contributed by atoms with Crippen molar-refractivity contribution in [2.24, 2.45) is 0 Å². The molecule has 2 aromatic rings. The van der Waals surface area contributed by atoms with Crippen molar-refractivity contribution in [3.05, 3.63) is 47.5 Å². The summed E-state index contributed by atoms with van der Waals surface area (Å²) in [5.74, 6) is -0.421. The van der Waals surface area contributed by atoms with Gasteiger partial charge in [-0.15, -0.1) is 0 Å². The number of ether oxygens (including phenoxy) is 1. The van der Waals surface area contributed by atoms with Crippen molar-refractivity contribution in [1.82, 2.24) is 4.90 Å². The number of carbonyl (C=O) groups is 2. The molecule has 118 valence electrons. The van der Waals surface area contributed by atoms with Gasteiger partial charge in [0.05, 0.1) is 12.6 Å². The molecule has 2 aromatic carbocycles. The van der Waals surface area contributed by atoms with Crippen LogP contribution < -0.4 is 0 Å². The summed E-state index contributed by atoms with van der Waals surface area (Å²) in [6.07, 6.45) is 1.84. The van der Waals surface area contributed by atoms with Crippen LogP contribution in [0.25, 0.3) is 10.8 Å². The van der Waals surface area contributed by atoms with Gasteiger partial charge in [-0.25, -0.2) is 0 Å². The lowest BCUT2D eigenvalue weighted by atomic mass is 9.92. The summed E-state index contributed by atoms with van der Waals surface area (Å²) in [5.41, 5.74) is 0.857. The van der Waals surface area contributed by atoms with Crippen LogP contribution in [0.1, 0.15) is 47.4 Å². The van der Waals surface area contributed by atoms with Gasteiger partial charge in [-0.05, 0) is 30.4 Å². The number of rotatable bonds is 4. The first kappa shape index (κ1) is 14.4. The minimum absolute atomic E-state index is 0.140. The molecule has 0 aromatic heterocycles. The zero-order chi connectivity index (χ0) is 16.2. The summed E-state index contributed by atoms with van der Waals surface area (Å²) in [5, 5.41) is 1.70. The molecular weight excluding hydrogens is 290 g/mol. The lowest BCUT2D eigenvalue weighted by Gasteiger charge is -2.29. The van der Waals surface area contributed by atoms with E-state index in [1.54, 1.807) is 12.1 Å². The Labute approximate surface area is 135 Å². The molecule has 2 amide bonds. The van der Waals surface area contributed by atoms with Crippen molar-refractivity contribution in [2.45, 2.75) is 38.4 Å². The maximum absolute atomic E-state index is 12.9. The van der Waals surface area contributed by atoms with E-state index < -0.39 is 0 Å². The summed E-state index contributed by atoms with van der Waals surface area (Å²) in [7, 11) is 0. The monoisotopic (exact) mass is 309 g/mol. The van der Waals surface area contributed by atoms with E-state index >= 15 is 0 Å². The zero-order valence-corrected chi connectivity index (χ0v) is 13.3. The SMILES string of the molecule is CCC1OC1(CC)CN1C(=O)c2cccc3cccc(c23)C1=O. The predicted molar refractivity (Wildman–Crippen MR) is 87.5 cm³/mol. The summed E-state index contributed by atoms with van der Waals surface area (Å²) >= 11 is 0. The largest absolute Gasteiger partial charge is 0.364 e. The van der Waals surface area contributed by atoms with Crippen LogP contribution in [0.4, 0.5) is 0 Å². The number of epoxide rings is 1. The van der Waals surface area contributed by atoms with E-state index in [1.807, 2.05) is 31.2 Å². The quantitative estimate of drug-likeness (QED) is 0.642.